The zero-order chi connectivity index (χ0) is 23.1. The zero-order valence-electron chi connectivity index (χ0n) is 19.4. The lowest BCUT2D eigenvalue weighted by molar-refractivity contribution is 0.112. The maximum atomic E-state index is 14.2. The Hall–Kier alpha value is -3.15. The van der Waals surface area contributed by atoms with Crippen molar-refractivity contribution in [1.29, 1.82) is 0 Å². The highest BCUT2D eigenvalue weighted by molar-refractivity contribution is 5.93. The lowest BCUT2D eigenvalue weighted by atomic mass is 9.96. The van der Waals surface area contributed by atoms with Gasteiger partial charge in [0, 0.05) is 23.0 Å². The molecule has 176 valence electrons. The van der Waals surface area contributed by atoms with Gasteiger partial charge < -0.3 is 13.9 Å². The van der Waals surface area contributed by atoms with E-state index in [9.17, 15) is 9.18 Å². The van der Waals surface area contributed by atoms with E-state index in [1.54, 1.807) is 18.2 Å². The second-order valence-corrected chi connectivity index (χ2v) is 9.85. The molecule has 2 aromatic carbocycles. The van der Waals surface area contributed by atoms with E-state index in [-0.39, 0.29) is 5.82 Å². The molecule has 0 bridgehead atoms. The molecule has 1 aliphatic heterocycles. The average molecular weight is 460 g/mol. The first-order valence-electron chi connectivity index (χ1n) is 12.6. The van der Waals surface area contributed by atoms with Crippen molar-refractivity contribution in [3.05, 3.63) is 47.8 Å². The van der Waals surface area contributed by atoms with Gasteiger partial charge in [-0.2, -0.15) is 0 Å². The number of fused-ring (bicyclic) bond motifs is 1. The van der Waals surface area contributed by atoms with Crippen LogP contribution in [-0.4, -0.2) is 27.0 Å². The molecule has 1 fully saturated rings. The lowest BCUT2D eigenvalue weighted by Gasteiger charge is -2.21. The summed E-state index contributed by atoms with van der Waals surface area (Å²) < 4.78 is 24.6. The molecular weight excluding hydrogens is 429 g/mol. The molecule has 6 heteroatoms. The van der Waals surface area contributed by atoms with Gasteiger partial charge in [0.1, 0.15) is 30.0 Å². The van der Waals surface area contributed by atoms with Crippen molar-refractivity contribution in [1.82, 2.24) is 14.1 Å². The van der Waals surface area contributed by atoms with Crippen LogP contribution in [0.25, 0.3) is 33.5 Å². The Balaban J connectivity index is 1.50. The topological polar surface area (TPSA) is 49.0 Å². The number of carbonyl (C=O) groups excluding carboxylic acids is 1. The summed E-state index contributed by atoms with van der Waals surface area (Å²) >= 11 is 0. The molecule has 0 saturated heterocycles. The van der Waals surface area contributed by atoms with Gasteiger partial charge >= 0.3 is 0 Å². The first-order valence-corrected chi connectivity index (χ1v) is 12.6. The van der Waals surface area contributed by atoms with Crippen molar-refractivity contribution in [2.75, 3.05) is 6.61 Å². The molecule has 3 heterocycles. The van der Waals surface area contributed by atoms with Gasteiger partial charge in [0.2, 0.25) is 0 Å². The molecule has 0 spiro atoms. The number of hydrogen-bond acceptors (Lipinski definition) is 3. The number of imidazole rings is 1. The highest BCUT2D eigenvalue weighted by Gasteiger charge is 2.25. The minimum Gasteiger partial charge on any atom is -0.489 e. The third-order valence-corrected chi connectivity index (χ3v) is 7.55. The van der Waals surface area contributed by atoms with Crippen LogP contribution in [0.3, 0.4) is 0 Å². The Bertz CT molecular complexity index is 1360. The highest BCUT2D eigenvalue weighted by atomic mass is 19.1. The van der Waals surface area contributed by atoms with Crippen molar-refractivity contribution >= 4 is 28.2 Å². The largest absolute Gasteiger partial charge is 0.489 e. The first kappa shape index (κ1) is 21.4. The number of rotatable bonds is 4. The molecule has 5 nitrogen and oxygen atoms in total. The summed E-state index contributed by atoms with van der Waals surface area (Å²) in [5.41, 5.74) is 4.32. The molecular formula is C28H30FN3O2. The third-order valence-electron chi connectivity index (χ3n) is 7.55. The molecule has 0 N–H and O–H groups in total. The number of aromatic nitrogens is 3. The number of nitrogens with zero attached hydrogens (tertiary/aromatic N) is 3. The Morgan fingerprint density at radius 3 is 2.62 bits per heavy atom. The average Bonchev–Trinajstić information content (AvgIpc) is 3.42. The fourth-order valence-corrected chi connectivity index (χ4v) is 5.87. The van der Waals surface area contributed by atoms with Crippen LogP contribution in [0.5, 0.6) is 5.75 Å². The first-order chi connectivity index (χ1) is 16.7. The van der Waals surface area contributed by atoms with Crippen LogP contribution in [0.15, 0.2) is 36.4 Å². The van der Waals surface area contributed by atoms with E-state index in [2.05, 4.69) is 15.2 Å². The Labute approximate surface area is 198 Å². The molecule has 6 rings (SSSR count). The van der Waals surface area contributed by atoms with Crippen LogP contribution in [0.4, 0.5) is 4.39 Å². The maximum Gasteiger partial charge on any atom is 0.158 e. The lowest BCUT2D eigenvalue weighted by Crippen LogP contribution is -2.17. The van der Waals surface area contributed by atoms with E-state index in [1.807, 2.05) is 12.1 Å². The summed E-state index contributed by atoms with van der Waals surface area (Å²) in [4.78, 5) is 16.5. The molecule has 0 radical (unpaired) electrons. The van der Waals surface area contributed by atoms with Crippen LogP contribution >= 0.6 is 0 Å². The van der Waals surface area contributed by atoms with Gasteiger partial charge in [0.15, 0.2) is 5.82 Å². The molecule has 1 aliphatic carbocycles. The molecule has 34 heavy (non-hydrogen) atoms. The van der Waals surface area contributed by atoms with Crippen LogP contribution in [0.1, 0.15) is 61.7 Å². The van der Waals surface area contributed by atoms with E-state index in [0.29, 0.717) is 30.4 Å². The van der Waals surface area contributed by atoms with Gasteiger partial charge in [0.05, 0.1) is 17.8 Å². The zero-order valence-corrected chi connectivity index (χ0v) is 19.4. The highest BCUT2D eigenvalue weighted by Crippen LogP contribution is 2.37. The summed E-state index contributed by atoms with van der Waals surface area (Å²) in [6.07, 6.45) is 11.2. The molecule has 0 atom stereocenters. The Kier molecular flexibility index (Phi) is 5.60. The quantitative estimate of drug-likeness (QED) is 0.317. The predicted molar refractivity (Wildman–Crippen MR) is 132 cm³/mol. The van der Waals surface area contributed by atoms with E-state index in [0.717, 1.165) is 46.3 Å². The smallest absolute Gasteiger partial charge is 0.158 e. The summed E-state index contributed by atoms with van der Waals surface area (Å²) in [7, 11) is 0. The van der Waals surface area contributed by atoms with Crippen molar-refractivity contribution in [2.24, 2.45) is 5.92 Å². The van der Waals surface area contributed by atoms with E-state index < -0.39 is 0 Å². The van der Waals surface area contributed by atoms with E-state index in [1.165, 1.54) is 51.4 Å². The van der Waals surface area contributed by atoms with Gasteiger partial charge in [-0.05, 0) is 55.2 Å². The van der Waals surface area contributed by atoms with Crippen LogP contribution in [-0.2, 0) is 13.1 Å². The minimum atomic E-state index is -0.223. The maximum absolute atomic E-state index is 14.2. The normalized spacial score (nSPS) is 17.3. The SMILES string of the molecule is O=Cc1cc2c3c(c1)nc(-c1cc4cc(F)ccc4n1CC1CCCCCCCC1)n3CCO2. The van der Waals surface area contributed by atoms with Gasteiger partial charge in [-0.15, -0.1) is 0 Å². The summed E-state index contributed by atoms with van der Waals surface area (Å²) in [5.74, 6) is 1.94. The molecule has 0 unspecified atom stereocenters. The van der Waals surface area contributed by atoms with Gasteiger partial charge in [-0.25, -0.2) is 9.37 Å². The van der Waals surface area contributed by atoms with Crippen molar-refractivity contribution in [3.63, 3.8) is 0 Å². The van der Waals surface area contributed by atoms with Gasteiger partial charge in [0.25, 0.3) is 0 Å². The summed E-state index contributed by atoms with van der Waals surface area (Å²) in [6, 6.07) is 10.8. The summed E-state index contributed by atoms with van der Waals surface area (Å²) in [5, 5.41) is 0.902. The number of ether oxygens (including phenoxy) is 1. The van der Waals surface area contributed by atoms with Gasteiger partial charge in [-0.1, -0.05) is 38.5 Å². The monoisotopic (exact) mass is 459 g/mol. The number of carbonyl (C=O) groups is 1. The minimum absolute atomic E-state index is 0.223. The second-order valence-electron chi connectivity index (χ2n) is 9.85. The summed E-state index contributed by atoms with van der Waals surface area (Å²) in [6.45, 7) is 2.14. The Morgan fingerprint density at radius 2 is 1.82 bits per heavy atom. The van der Waals surface area contributed by atoms with Crippen LogP contribution in [0, 0.1) is 11.7 Å². The number of aldehydes is 1. The van der Waals surface area contributed by atoms with E-state index >= 15 is 0 Å². The Morgan fingerprint density at radius 1 is 1.03 bits per heavy atom. The fourth-order valence-electron chi connectivity index (χ4n) is 5.87. The molecule has 2 aromatic heterocycles. The van der Waals surface area contributed by atoms with Crippen molar-refractivity contribution in [2.45, 2.75) is 64.5 Å². The molecule has 1 saturated carbocycles. The van der Waals surface area contributed by atoms with E-state index in [4.69, 9.17) is 9.72 Å². The van der Waals surface area contributed by atoms with Crippen molar-refractivity contribution in [3.8, 4) is 17.3 Å². The molecule has 4 aromatic rings. The van der Waals surface area contributed by atoms with Crippen LogP contribution < -0.4 is 4.74 Å². The second kappa shape index (κ2) is 8.90. The van der Waals surface area contributed by atoms with Crippen LogP contribution in [0.2, 0.25) is 0 Å². The predicted octanol–water partition coefficient (Wildman–Crippen LogP) is 6.75. The number of hydrogen-bond donors (Lipinski definition) is 0. The fraction of sp³-hybridized carbons (Fsp3) is 0.429. The number of benzene rings is 2. The molecule has 0 amide bonds. The van der Waals surface area contributed by atoms with Gasteiger partial charge in [-0.3, -0.25) is 4.79 Å². The van der Waals surface area contributed by atoms with Crippen molar-refractivity contribution < 1.29 is 13.9 Å². The molecule has 2 aliphatic rings. The third kappa shape index (κ3) is 3.79. The number of halogens is 1. The standard InChI is InChI=1S/C28H30FN3O2/c29-22-9-10-24-21(15-22)16-25(32(24)17-19-7-5-3-1-2-4-6-8-19)28-30-23-13-20(18-33)14-26-27(23)31(28)11-12-34-26/h9-10,13-16,18-19H,1-8,11-12,17H2.